The van der Waals surface area contributed by atoms with E-state index in [1.165, 1.54) is 31.4 Å². The van der Waals surface area contributed by atoms with Crippen molar-refractivity contribution in [2.24, 2.45) is 11.7 Å². The minimum absolute atomic E-state index is 0.0731. The monoisotopic (exact) mass is 558 g/mol. The molecule has 0 aliphatic carbocycles. The lowest BCUT2D eigenvalue weighted by Gasteiger charge is -2.34. The average Bonchev–Trinajstić information content (AvgIpc) is 2.87. The molecule has 5 N–H and O–H groups in total. The maximum atomic E-state index is 12.7. The molecule has 2 aromatic rings. The van der Waals surface area contributed by atoms with E-state index >= 15 is 0 Å². The van der Waals surface area contributed by atoms with Crippen molar-refractivity contribution in [3.63, 3.8) is 0 Å². The van der Waals surface area contributed by atoms with Gasteiger partial charge in [-0.2, -0.15) is 13.2 Å². The summed E-state index contributed by atoms with van der Waals surface area (Å²) in [5.41, 5.74) is 10.8. The molecule has 208 valence electrons. The molecule has 1 fully saturated rings. The normalized spacial score (nSPS) is 15.5. The van der Waals surface area contributed by atoms with E-state index in [1.54, 1.807) is 0 Å². The zero-order valence-electron chi connectivity index (χ0n) is 20.7. The molecular formula is C25H30ClF3N4O5. The van der Waals surface area contributed by atoms with Gasteiger partial charge in [-0.05, 0) is 62.2 Å². The Morgan fingerprint density at radius 2 is 1.84 bits per heavy atom. The van der Waals surface area contributed by atoms with E-state index < -0.39 is 23.9 Å². The molecule has 0 saturated carbocycles. The minimum atomic E-state index is -4.44. The van der Waals surface area contributed by atoms with Gasteiger partial charge in [0.2, 0.25) is 0 Å². The Balaban J connectivity index is 1.47. The maximum absolute atomic E-state index is 12.7. The Labute approximate surface area is 223 Å². The van der Waals surface area contributed by atoms with Crippen LogP contribution in [-0.4, -0.2) is 62.9 Å². The first-order valence-corrected chi connectivity index (χ1v) is 12.2. The van der Waals surface area contributed by atoms with Gasteiger partial charge >= 0.3 is 12.3 Å². The van der Waals surface area contributed by atoms with Crippen LogP contribution in [0.4, 0.5) is 23.7 Å². The van der Waals surface area contributed by atoms with E-state index in [9.17, 15) is 22.8 Å². The Kier molecular flexibility index (Phi) is 9.92. The number of piperidine rings is 1. The average molecular weight is 559 g/mol. The SMILES string of the molecule is COc1cc(N)c(Cl)cc1C(=O)NCC1CCN(CC(COc2ccc(C(F)(F)F)cc2)OC(N)=O)CC1. The van der Waals surface area contributed by atoms with E-state index in [1.807, 2.05) is 0 Å². The number of nitrogens with zero attached hydrogens (tertiary/aromatic N) is 1. The highest BCUT2D eigenvalue weighted by molar-refractivity contribution is 6.33. The summed E-state index contributed by atoms with van der Waals surface area (Å²) in [5.74, 6) is 0.452. The van der Waals surface area contributed by atoms with Gasteiger partial charge in [-0.3, -0.25) is 9.69 Å². The molecule has 1 saturated heterocycles. The Hall–Kier alpha value is -3.38. The first-order valence-electron chi connectivity index (χ1n) is 11.9. The van der Waals surface area contributed by atoms with Crippen LogP contribution >= 0.6 is 11.6 Å². The molecule has 1 aliphatic heterocycles. The standard InChI is InChI=1S/C25H30ClF3N4O5/c1-36-22-11-21(30)20(26)10-19(22)23(34)32-12-15-6-8-33(9-7-15)13-18(38-24(31)35)14-37-17-4-2-16(3-5-17)25(27,28)29/h2-5,10-11,15,18H,6-9,12-14,30H2,1H3,(H2,31,35)(H,32,34). The zero-order chi connectivity index (χ0) is 27.9. The van der Waals surface area contributed by atoms with Crippen molar-refractivity contribution in [3.05, 3.63) is 52.5 Å². The second kappa shape index (κ2) is 12.9. The summed E-state index contributed by atoms with van der Waals surface area (Å²) in [5, 5.41) is 3.17. The van der Waals surface area contributed by atoms with E-state index in [-0.39, 0.29) is 29.2 Å². The number of rotatable bonds is 10. The Morgan fingerprint density at radius 3 is 2.42 bits per heavy atom. The van der Waals surface area contributed by atoms with Crippen LogP contribution in [0.5, 0.6) is 11.5 Å². The predicted molar refractivity (Wildman–Crippen MR) is 135 cm³/mol. The van der Waals surface area contributed by atoms with Gasteiger partial charge in [0, 0.05) is 19.2 Å². The van der Waals surface area contributed by atoms with Crippen molar-refractivity contribution in [3.8, 4) is 11.5 Å². The predicted octanol–water partition coefficient (Wildman–Crippen LogP) is 3.93. The molecule has 2 amide bonds. The van der Waals surface area contributed by atoms with Crippen molar-refractivity contribution >= 4 is 29.3 Å². The fourth-order valence-electron chi connectivity index (χ4n) is 4.13. The quantitative estimate of drug-likeness (QED) is 0.377. The zero-order valence-corrected chi connectivity index (χ0v) is 21.5. The van der Waals surface area contributed by atoms with E-state index in [0.29, 0.717) is 43.2 Å². The van der Waals surface area contributed by atoms with Gasteiger partial charge in [0.05, 0.1) is 28.9 Å². The lowest BCUT2D eigenvalue weighted by Crippen LogP contribution is -2.44. The van der Waals surface area contributed by atoms with Gasteiger partial charge < -0.3 is 31.0 Å². The molecule has 1 heterocycles. The van der Waals surface area contributed by atoms with Crippen LogP contribution in [0.25, 0.3) is 0 Å². The number of likely N-dealkylation sites (tertiary alicyclic amines) is 1. The molecule has 1 atom stereocenters. The number of hydrogen-bond donors (Lipinski definition) is 3. The van der Waals surface area contributed by atoms with Gasteiger partial charge in [0.15, 0.2) is 6.10 Å². The lowest BCUT2D eigenvalue weighted by molar-refractivity contribution is -0.137. The molecule has 13 heteroatoms. The number of carbonyl (C=O) groups excluding carboxylic acids is 2. The summed E-state index contributed by atoms with van der Waals surface area (Å²) in [6.07, 6.45) is -4.57. The number of benzene rings is 2. The molecule has 3 rings (SSSR count). The van der Waals surface area contributed by atoms with Gasteiger partial charge in [-0.25, -0.2) is 4.79 Å². The molecule has 0 bridgehead atoms. The lowest BCUT2D eigenvalue weighted by atomic mass is 9.96. The molecule has 2 aromatic carbocycles. The summed E-state index contributed by atoms with van der Waals surface area (Å²) >= 11 is 6.05. The number of nitrogens with one attached hydrogen (secondary N) is 1. The highest BCUT2D eigenvalue weighted by atomic mass is 35.5. The van der Waals surface area contributed by atoms with Crippen LogP contribution in [0.3, 0.4) is 0 Å². The molecule has 0 aromatic heterocycles. The van der Waals surface area contributed by atoms with Crippen LogP contribution < -0.4 is 26.3 Å². The fraction of sp³-hybridized carbons (Fsp3) is 0.440. The molecule has 0 radical (unpaired) electrons. The van der Waals surface area contributed by atoms with Crippen molar-refractivity contribution in [1.29, 1.82) is 0 Å². The summed E-state index contributed by atoms with van der Waals surface area (Å²) in [6, 6.07) is 7.22. The number of amides is 2. The highest BCUT2D eigenvalue weighted by Crippen LogP contribution is 2.31. The second-order valence-electron chi connectivity index (χ2n) is 8.92. The maximum Gasteiger partial charge on any atom is 0.416 e. The summed E-state index contributed by atoms with van der Waals surface area (Å²) in [6.45, 7) is 2.07. The van der Waals surface area contributed by atoms with Crippen LogP contribution in [0.15, 0.2) is 36.4 Å². The number of ether oxygens (including phenoxy) is 3. The second-order valence-corrected chi connectivity index (χ2v) is 9.33. The molecule has 1 aliphatic rings. The van der Waals surface area contributed by atoms with Crippen molar-refractivity contribution in [1.82, 2.24) is 10.2 Å². The number of nitrogen functional groups attached to an aromatic ring is 1. The Bertz CT molecular complexity index is 1110. The number of methoxy groups -OCH3 is 1. The number of primary amides is 1. The van der Waals surface area contributed by atoms with Crippen molar-refractivity contribution < 1.29 is 37.0 Å². The summed E-state index contributed by atoms with van der Waals surface area (Å²) < 4.78 is 54.1. The minimum Gasteiger partial charge on any atom is -0.496 e. The summed E-state index contributed by atoms with van der Waals surface area (Å²) in [4.78, 5) is 26.1. The number of anilines is 1. The molecule has 1 unspecified atom stereocenters. The third kappa shape index (κ3) is 8.32. The number of hydrogen-bond acceptors (Lipinski definition) is 7. The Morgan fingerprint density at radius 1 is 1.18 bits per heavy atom. The first kappa shape index (κ1) is 29.2. The van der Waals surface area contributed by atoms with E-state index in [2.05, 4.69) is 10.2 Å². The van der Waals surface area contributed by atoms with Gasteiger partial charge in [0.25, 0.3) is 5.91 Å². The van der Waals surface area contributed by atoms with Crippen LogP contribution in [0.2, 0.25) is 5.02 Å². The van der Waals surface area contributed by atoms with Gasteiger partial charge in [-0.15, -0.1) is 0 Å². The van der Waals surface area contributed by atoms with Crippen LogP contribution in [-0.2, 0) is 10.9 Å². The largest absolute Gasteiger partial charge is 0.496 e. The first-order chi connectivity index (χ1) is 18.0. The van der Waals surface area contributed by atoms with Gasteiger partial charge in [-0.1, -0.05) is 11.6 Å². The highest BCUT2D eigenvalue weighted by Gasteiger charge is 2.30. The third-order valence-corrected chi connectivity index (χ3v) is 6.51. The number of nitrogens with two attached hydrogens (primary N) is 2. The van der Waals surface area contributed by atoms with Crippen molar-refractivity contribution in [2.45, 2.75) is 25.1 Å². The van der Waals surface area contributed by atoms with Gasteiger partial charge in [0.1, 0.15) is 18.1 Å². The topological polar surface area (TPSA) is 129 Å². The number of halogens is 4. The summed E-state index contributed by atoms with van der Waals surface area (Å²) in [7, 11) is 1.44. The van der Waals surface area contributed by atoms with E-state index in [0.717, 1.165) is 25.0 Å². The van der Waals surface area contributed by atoms with E-state index in [4.69, 9.17) is 37.3 Å². The number of alkyl halides is 3. The fourth-order valence-corrected chi connectivity index (χ4v) is 4.29. The van der Waals surface area contributed by atoms with Crippen LogP contribution in [0.1, 0.15) is 28.8 Å². The molecule has 0 spiro atoms. The van der Waals surface area contributed by atoms with Crippen LogP contribution in [0, 0.1) is 5.92 Å². The molecule has 9 nitrogen and oxygen atoms in total. The molecule has 38 heavy (non-hydrogen) atoms. The smallest absolute Gasteiger partial charge is 0.416 e. The number of carbonyl (C=O) groups is 2. The van der Waals surface area contributed by atoms with Crippen molar-refractivity contribution in [2.75, 3.05) is 45.6 Å². The third-order valence-electron chi connectivity index (χ3n) is 6.18. The molecular weight excluding hydrogens is 529 g/mol.